The summed E-state index contributed by atoms with van der Waals surface area (Å²) in [6, 6.07) is 2.64. The minimum atomic E-state index is -1.26. The summed E-state index contributed by atoms with van der Waals surface area (Å²) in [7, 11) is 1.19. The number of carboxylic acids is 1. The first-order valence-corrected chi connectivity index (χ1v) is 4.12. The highest BCUT2D eigenvalue weighted by atomic mass is 16.5. The molecule has 1 aromatic rings. The second kappa shape index (κ2) is 4.61. The first-order valence-electron chi connectivity index (χ1n) is 4.12. The predicted octanol–water partition coefficient (Wildman–Crippen LogP) is 0.574. The molecule has 0 saturated carbocycles. The third-order valence-electron chi connectivity index (χ3n) is 1.71. The van der Waals surface area contributed by atoms with Crippen LogP contribution in [0.3, 0.4) is 0 Å². The van der Waals surface area contributed by atoms with Gasteiger partial charge in [-0.2, -0.15) is 0 Å². The Morgan fingerprint density at radius 2 is 2.20 bits per heavy atom. The number of aliphatic carboxylic acids is 1. The highest BCUT2D eigenvalue weighted by Crippen LogP contribution is 2.19. The van der Waals surface area contributed by atoms with Gasteiger partial charge in [0.15, 0.2) is 0 Å². The minimum Gasteiger partial charge on any atom is -0.481 e. The molecule has 1 rings (SSSR count). The Hall–Kier alpha value is -1.82. The van der Waals surface area contributed by atoms with E-state index in [9.17, 15) is 14.7 Å². The van der Waals surface area contributed by atoms with E-state index < -0.39 is 24.5 Å². The molecule has 82 valence electrons. The van der Waals surface area contributed by atoms with E-state index in [-0.39, 0.29) is 11.5 Å². The van der Waals surface area contributed by atoms with Crippen LogP contribution in [0.15, 0.2) is 16.5 Å². The van der Waals surface area contributed by atoms with Crippen molar-refractivity contribution in [2.75, 3.05) is 7.11 Å². The quantitative estimate of drug-likeness (QED) is 0.711. The highest BCUT2D eigenvalue weighted by Gasteiger charge is 2.18. The van der Waals surface area contributed by atoms with E-state index in [2.05, 4.69) is 4.74 Å². The Morgan fingerprint density at radius 1 is 1.53 bits per heavy atom. The van der Waals surface area contributed by atoms with E-state index in [1.165, 1.54) is 19.2 Å². The fraction of sp³-hybridized carbons (Fsp3) is 0.333. The van der Waals surface area contributed by atoms with Crippen LogP contribution < -0.4 is 0 Å². The normalized spacial score (nSPS) is 12.1. The van der Waals surface area contributed by atoms with Crippen LogP contribution >= 0.6 is 0 Å². The largest absolute Gasteiger partial charge is 0.481 e. The van der Waals surface area contributed by atoms with Gasteiger partial charge < -0.3 is 19.4 Å². The van der Waals surface area contributed by atoms with E-state index in [1.807, 2.05) is 0 Å². The van der Waals surface area contributed by atoms with Crippen LogP contribution in [0.1, 0.15) is 28.8 Å². The zero-order chi connectivity index (χ0) is 11.4. The van der Waals surface area contributed by atoms with Gasteiger partial charge in [0.1, 0.15) is 11.9 Å². The van der Waals surface area contributed by atoms with Crippen molar-refractivity contribution in [3.8, 4) is 0 Å². The van der Waals surface area contributed by atoms with Crippen molar-refractivity contribution in [1.29, 1.82) is 0 Å². The minimum absolute atomic E-state index is 0.0257. The van der Waals surface area contributed by atoms with Crippen molar-refractivity contribution in [2.24, 2.45) is 0 Å². The molecular formula is C9H10O6. The number of carbonyl (C=O) groups excluding carboxylic acids is 1. The zero-order valence-electron chi connectivity index (χ0n) is 7.97. The van der Waals surface area contributed by atoms with Crippen molar-refractivity contribution in [2.45, 2.75) is 12.5 Å². The van der Waals surface area contributed by atoms with Crippen LogP contribution in [-0.4, -0.2) is 29.3 Å². The first kappa shape index (κ1) is 11.3. The molecule has 0 radical (unpaired) electrons. The van der Waals surface area contributed by atoms with Gasteiger partial charge in [-0.15, -0.1) is 0 Å². The molecule has 0 amide bonds. The topological polar surface area (TPSA) is 97.0 Å². The number of aliphatic hydroxyl groups is 1. The monoisotopic (exact) mass is 214 g/mol. The fourth-order valence-corrected chi connectivity index (χ4v) is 1.01. The second-order valence-corrected chi connectivity index (χ2v) is 2.81. The summed E-state index contributed by atoms with van der Waals surface area (Å²) in [5.74, 6) is -1.88. The van der Waals surface area contributed by atoms with Gasteiger partial charge in [0.25, 0.3) is 0 Å². The molecule has 0 unspecified atom stereocenters. The molecule has 0 fully saturated rings. The maximum atomic E-state index is 11.0. The lowest BCUT2D eigenvalue weighted by atomic mass is 10.2. The maximum Gasteiger partial charge on any atom is 0.373 e. The Labute approximate surface area is 85.1 Å². The molecule has 0 spiro atoms. The van der Waals surface area contributed by atoms with Crippen molar-refractivity contribution < 1.29 is 29.0 Å². The van der Waals surface area contributed by atoms with E-state index >= 15 is 0 Å². The number of esters is 1. The molecule has 0 aliphatic heterocycles. The molecule has 0 bridgehead atoms. The summed E-state index contributed by atoms with van der Waals surface area (Å²) < 4.78 is 9.29. The van der Waals surface area contributed by atoms with Gasteiger partial charge in [-0.1, -0.05) is 0 Å². The molecule has 6 heteroatoms. The van der Waals surface area contributed by atoms with Gasteiger partial charge >= 0.3 is 11.9 Å². The molecule has 1 heterocycles. The Morgan fingerprint density at radius 3 is 2.73 bits per heavy atom. The second-order valence-electron chi connectivity index (χ2n) is 2.81. The molecule has 6 nitrogen and oxygen atoms in total. The molecule has 0 saturated heterocycles. The number of hydrogen-bond donors (Lipinski definition) is 2. The SMILES string of the molecule is COC(=O)c1ccc([C@@H](O)CC(=O)O)o1. The lowest BCUT2D eigenvalue weighted by Crippen LogP contribution is -2.04. The molecular weight excluding hydrogens is 204 g/mol. The Kier molecular flexibility index (Phi) is 3.46. The molecule has 1 atom stereocenters. The average Bonchev–Trinajstić information content (AvgIpc) is 2.64. The van der Waals surface area contributed by atoms with Crippen LogP contribution in [0.2, 0.25) is 0 Å². The van der Waals surface area contributed by atoms with Gasteiger partial charge in [0.2, 0.25) is 5.76 Å². The summed E-state index contributed by atoms with van der Waals surface area (Å²) >= 11 is 0. The van der Waals surface area contributed by atoms with Gasteiger partial charge in [-0.25, -0.2) is 4.79 Å². The van der Waals surface area contributed by atoms with Crippen molar-refractivity contribution >= 4 is 11.9 Å². The van der Waals surface area contributed by atoms with Gasteiger partial charge in [0.05, 0.1) is 13.5 Å². The van der Waals surface area contributed by atoms with Crippen LogP contribution in [0.5, 0.6) is 0 Å². The maximum absolute atomic E-state index is 11.0. The van der Waals surface area contributed by atoms with Crippen LogP contribution in [-0.2, 0) is 9.53 Å². The number of hydrogen-bond acceptors (Lipinski definition) is 5. The van der Waals surface area contributed by atoms with E-state index in [4.69, 9.17) is 9.52 Å². The zero-order valence-corrected chi connectivity index (χ0v) is 7.97. The summed E-state index contributed by atoms with van der Waals surface area (Å²) in [6.07, 6.45) is -1.74. The van der Waals surface area contributed by atoms with Crippen LogP contribution in [0.25, 0.3) is 0 Å². The number of methoxy groups -OCH3 is 1. The van der Waals surface area contributed by atoms with Crippen molar-refractivity contribution in [1.82, 2.24) is 0 Å². The number of ether oxygens (including phenoxy) is 1. The number of carbonyl (C=O) groups is 2. The third kappa shape index (κ3) is 2.81. The van der Waals surface area contributed by atoms with Crippen molar-refractivity contribution in [3.63, 3.8) is 0 Å². The number of furan rings is 1. The number of carboxylic acid groups (broad SMARTS) is 1. The van der Waals surface area contributed by atoms with Crippen LogP contribution in [0, 0.1) is 0 Å². The summed E-state index contributed by atoms with van der Waals surface area (Å²) in [6.45, 7) is 0. The molecule has 0 aliphatic rings. The van der Waals surface area contributed by atoms with E-state index in [0.29, 0.717) is 0 Å². The molecule has 0 aromatic carbocycles. The average molecular weight is 214 g/mol. The Bertz CT molecular complexity index is 366. The highest BCUT2D eigenvalue weighted by molar-refractivity contribution is 5.86. The van der Waals surface area contributed by atoms with Gasteiger partial charge in [-0.05, 0) is 12.1 Å². The number of aliphatic hydroxyl groups excluding tert-OH is 1. The first-order chi connectivity index (χ1) is 7.04. The van der Waals surface area contributed by atoms with E-state index in [0.717, 1.165) is 0 Å². The number of rotatable bonds is 4. The standard InChI is InChI=1S/C9H10O6/c1-14-9(13)7-3-2-6(15-7)5(10)4-8(11)12/h2-3,5,10H,4H2,1H3,(H,11,12)/t5-/m0/s1. The third-order valence-corrected chi connectivity index (χ3v) is 1.71. The summed E-state index contributed by atoms with van der Waals surface area (Å²) in [5.41, 5.74) is 0. The van der Waals surface area contributed by atoms with Gasteiger partial charge in [0, 0.05) is 0 Å². The molecule has 15 heavy (non-hydrogen) atoms. The molecule has 2 N–H and O–H groups in total. The fourth-order valence-electron chi connectivity index (χ4n) is 1.01. The van der Waals surface area contributed by atoms with Crippen molar-refractivity contribution in [3.05, 3.63) is 23.7 Å². The predicted molar refractivity (Wildman–Crippen MR) is 47.3 cm³/mol. The lowest BCUT2D eigenvalue weighted by Gasteiger charge is -2.02. The van der Waals surface area contributed by atoms with Gasteiger partial charge in [-0.3, -0.25) is 4.79 Å². The van der Waals surface area contributed by atoms with Crippen LogP contribution in [0.4, 0.5) is 0 Å². The summed E-state index contributed by atoms with van der Waals surface area (Å²) in [4.78, 5) is 21.2. The Balaban J connectivity index is 2.75. The molecule has 1 aromatic heterocycles. The smallest absolute Gasteiger partial charge is 0.373 e. The molecule has 0 aliphatic carbocycles. The summed E-state index contributed by atoms with van der Waals surface area (Å²) in [5, 5.41) is 17.7. The van der Waals surface area contributed by atoms with E-state index in [1.54, 1.807) is 0 Å². The lowest BCUT2D eigenvalue weighted by molar-refractivity contribution is -0.139.